The molecule has 2 N–H and O–H groups in total. The molecule has 0 bridgehead atoms. The van der Waals surface area contributed by atoms with Crippen LogP contribution >= 0.6 is 0 Å². The fraction of sp³-hybridized carbons (Fsp3) is 0.417. The maximum atomic E-state index is 5.91. The van der Waals surface area contributed by atoms with Gasteiger partial charge in [0.25, 0.3) is 0 Å². The number of anilines is 1. The Labute approximate surface area is 101 Å². The summed E-state index contributed by atoms with van der Waals surface area (Å²) in [5, 5.41) is 4.25. The number of hydrogen-bond acceptors (Lipinski definition) is 4. The molecule has 0 atom stereocenters. The fourth-order valence-electron chi connectivity index (χ4n) is 1.78. The van der Waals surface area contributed by atoms with Gasteiger partial charge in [0.05, 0.1) is 11.4 Å². The van der Waals surface area contributed by atoms with Gasteiger partial charge in [0, 0.05) is 24.7 Å². The summed E-state index contributed by atoms with van der Waals surface area (Å²) in [4.78, 5) is 8.80. The molecule has 90 valence electrons. The summed E-state index contributed by atoms with van der Waals surface area (Å²) in [5.41, 5.74) is 8.71. The number of hydrogen-bond donors (Lipinski definition) is 1. The van der Waals surface area contributed by atoms with Crippen molar-refractivity contribution >= 4 is 5.82 Å². The smallest absolute Gasteiger partial charge is 0.131 e. The molecule has 0 aliphatic heterocycles. The Balaban J connectivity index is 2.62. The van der Waals surface area contributed by atoms with Crippen LogP contribution in [0.1, 0.15) is 25.2 Å². The zero-order valence-electron chi connectivity index (χ0n) is 10.4. The van der Waals surface area contributed by atoms with Gasteiger partial charge < -0.3 is 5.73 Å². The number of nitrogens with zero attached hydrogens (tertiary/aromatic N) is 4. The number of nitrogens with two attached hydrogens (primary N) is 1. The molecule has 0 unspecified atom stereocenters. The van der Waals surface area contributed by atoms with Gasteiger partial charge in [0.2, 0.25) is 0 Å². The van der Waals surface area contributed by atoms with E-state index in [4.69, 9.17) is 5.73 Å². The van der Waals surface area contributed by atoms with Gasteiger partial charge in [-0.1, -0.05) is 6.92 Å². The number of aromatic nitrogens is 4. The molecule has 0 radical (unpaired) electrons. The molecule has 2 aromatic rings. The quantitative estimate of drug-likeness (QED) is 0.874. The van der Waals surface area contributed by atoms with Crippen molar-refractivity contribution in [1.82, 2.24) is 19.7 Å². The van der Waals surface area contributed by atoms with Crippen LogP contribution in [0.4, 0.5) is 5.82 Å². The summed E-state index contributed by atoms with van der Waals surface area (Å²) in [6, 6.07) is 1.96. The summed E-state index contributed by atoms with van der Waals surface area (Å²) in [6.07, 6.45) is 2.56. The molecular formula is C12H17N5. The summed E-state index contributed by atoms with van der Waals surface area (Å²) >= 11 is 0. The van der Waals surface area contributed by atoms with Crippen molar-refractivity contribution in [3.8, 4) is 11.4 Å². The molecule has 17 heavy (non-hydrogen) atoms. The second kappa shape index (κ2) is 4.53. The first-order chi connectivity index (χ1) is 8.17. The standard InChI is InChI=1S/C12H17N5/c1-4-10-15-11(8(3)12(13)16-10)9-6-7-14-17(9)5-2/h6-7H,4-5H2,1-3H3,(H2,13,15,16). The molecule has 0 aromatic carbocycles. The fourth-order valence-corrected chi connectivity index (χ4v) is 1.78. The van der Waals surface area contributed by atoms with E-state index in [0.717, 1.165) is 35.7 Å². The van der Waals surface area contributed by atoms with E-state index >= 15 is 0 Å². The zero-order valence-corrected chi connectivity index (χ0v) is 10.4. The van der Waals surface area contributed by atoms with Gasteiger partial charge in [0.1, 0.15) is 11.6 Å². The van der Waals surface area contributed by atoms with E-state index in [1.807, 2.05) is 24.6 Å². The van der Waals surface area contributed by atoms with E-state index in [0.29, 0.717) is 5.82 Å². The van der Waals surface area contributed by atoms with Crippen molar-refractivity contribution in [2.75, 3.05) is 5.73 Å². The van der Waals surface area contributed by atoms with E-state index in [-0.39, 0.29) is 0 Å². The highest BCUT2D eigenvalue weighted by Crippen LogP contribution is 2.24. The molecule has 0 aliphatic rings. The topological polar surface area (TPSA) is 69.6 Å². The van der Waals surface area contributed by atoms with Crippen LogP contribution in [0, 0.1) is 6.92 Å². The SMILES string of the molecule is CCc1nc(N)c(C)c(-c2ccnn2CC)n1. The zero-order chi connectivity index (χ0) is 12.4. The molecule has 2 aromatic heterocycles. The average Bonchev–Trinajstić information content (AvgIpc) is 2.80. The molecule has 2 rings (SSSR count). The molecular weight excluding hydrogens is 214 g/mol. The Morgan fingerprint density at radius 3 is 2.71 bits per heavy atom. The molecule has 5 heteroatoms. The first-order valence-corrected chi connectivity index (χ1v) is 5.82. The van der Waals surface area contributed by atoms with Crippen molar-refractivity contribution in [2.24, 2.45) is 0 Å². The van der Waals surface area contributed by atoms with Gasteiger partial charge in [-0.05, 0) is 19.9 Å². The van der Waals surface area contributed by atoms with Crippen LogP contribution in [-0.2, 0) is 13.0 Å². The lowest BCUT2D eigenvalue weighted by Crippen LogP contribution is -2.07. The predicted octanol–water partition coefficient (Wildman–Crippen LogP) is 1.81. The number of rotatable bonds is 3. The normalized spacial score (nSPS) is 10.8. The minimum atomic E-state index is 0.552. The number of nitrogen functional groups attached to an aromatic ring is 1. The Kier molecular flexibility index (Phi) is 3.08. The van der Waals surface area contributed by atoms with Crippen molar-refractivity contribution < 1.29 is 0 Å². The third kappa shape index (κ3) is 2.00. The van der Waals surface area contributed by atoms with Gasteiger partial charge in [-0.15, -0.1) is 0 Å². The van der Waals surface area contributed by atoms with E-state index in [2.05, 4.69) is 22.0 Å². The lowest BCUT2D eigenvalue weighted by Gasteiger charge is -2.10. The summed E-state index contributed by atoms with van der Waals surface area (Å²) in [5.74, 6) is 1.32. The van der Waals surface area contributed by atoms with Gasteiger partial charge in [0.15, 0.2) is 0 Å². The highest BCUT2D eigenvalue weighted by atomic mass is 15.3. The summed E-state index contributed by atoms with van der Waals surface area (Å²) < 4.78 is 1.91. The van der Waals surface area contributed by atoms with Crippen molar-refractivity contribution in [3.05, 3.63) is 23.7 Å². The van der Waals surface area contributed by atoms with E-state index in [1.54, 1.807) is 6.20 Å². The van der Waals surface area contributed by atoms with Crippen LogP contribution in [0.3, 0.4) is 0 Å². The van der Waals surface area contributed by atoms with Crippen LogP contribution in [0.2, 0.25) is 0 Å². The average molecular weight is 231 g/mol. The van der Waals surface area contributed by atoms with Gasteiger partial charge in [-0.3, -0.25) is 4.68 Å². The van der Waals surface area contributed by atoms with Gasteiger partial charge in [-0.25, -0.2) is 9.97 Å². The van der Waals surface area contributed by atoms with Crippen LogP contribution in [-0.4, -0.2) is 19.7 Å². The summed E-state index contributed by atoms with van der Waals surface area (Å²) in [7, 11) is 0. The molecule has 5 nitrogen and oxygen atoms in total. The molecule has 0 spiro atoms. The lowest BCUT2D eigenvalue weighted by molar-refractivity contribution is 0.664. The molecule has 0 fully saturated rings. The molecule has 0 saturated carbocycles. The first kappa shape index (κ1) is 11.6. The van der Waals surface area contributed by atoms with Crippen LogP contribution < -0.4 is 5.73 Å². The molecule has 0 aliphatic carbocycles. The second-order valence-electron chi connectivity index (χ2n) is 3.88. The third-order valence-corrected chi connectivity index (χ3v) is 2.80. The van der Waals surface area contributed by atoms with Crippen molar-refractivity contribution in [3.63, 3.8) is 0 Å². The van der Waals surface area contributed by atoms with Gasteiger partial charge in [-0.2, -0.15) is 5.10 Å². The molecule has 2 heterocycles. The minimum absolute atomic E-state index is 0.552. The predicted molar refractivity (Wildman–Crippen MR) is 67.5 cm³/mol. The van der Waals surface area contributed by atoms with Crippen molar-refractivity contribution in [2.45, 2.75) is 33.7 Å². The van der Waals surface area contributed by atoms with Crippen LogP contribution in [0.15, 0.2) is 12.3 Å². The third-order valence-electron chi connectivity index (χ3n) is 2.80. The summed E-state index contributed by atoms with van der Waals surface area (Å²) in [6.45, 7) is 6.83. The monoisotopic (exact) mass is 231 g/mol. The van der Waals surface area contributed by atoms with E-state index in [9.17, 15) is 0 Å². The largest absolute Gasteiger partial charge is 0.383 e. The van der Waals surface area contributed by atoms with Crippen LogP contribution in [0.25, 0.3) is 11.4 Å². The maximum absolute atomic E-state index is 5.91. The molecule has 0 amide bonds. The van der Waals surface area contributed by atoms with Crippen molar-refractivity contribution in [1.29, 1.82) is 0 Å². The second-order valence-corrected chi connectivity index (χ2v) is 3.88. The van der Waals surface area contributed by atoms with E-state index in [1.165, 1.54) is 0 Å². The highest BCUT2D eigenvalue weighted by Gasteiger charge is 2.13. The Bertz CT molecular complexity index is 530. The van der Waals surface area contributed by atoms with Crippen LogP contribution in [0.5, 0.6) is 0 Å². The minimum Gasteiger partial charge on any atom is -0.383 e. The Morgan fingerprint density at radius 1 is 1.29 bits per heavy atom. The Morgan fingerprint density at radius 2 is 2.06 bits per heavy atom. The molecule has 0 saturated heterocycles. The first-order valence-electron chi connectivity index (χ1n) is 5.82. The van der Waals surface area contributed by atoms with E-state index < -0.39 is 0 Å². The Hall–Kier alpha value is -1.91. The van der Waals surface area contributed by atoms with Gasteiger partial charge >= 0.3 is 0 Å². The number of aryl methyl sites for hydroxylation is 2. The maximum Gasteiger partial charge on any atom is 0.131 e. The highest BCUT2D eigenvalue weighted by molar-refractivity contribution is 5.64. The lowest BCUT2D eigenvalue weighted by atomic mass is 10.1.